The molecule has 0 saturated carbocycles. The lowest BCUT2D eigenvalue weighted by molar-refractivity contribution is 0.470. The molecule has 0 spiro atoms. The number of hydrogen-bond donors (Lipinski definition) is 0. The molecule has 0 aliphatic heterocycles. The maximum absolute atomic E-state index is 5.44. The smallest absolute Gasteiger partial charge is 0.226 e. The van der Waals surface area contributed by atoms with Crippen LogP contribution in [0.1, 0.15) is 18.7 Å². The second-order valence-electron chi connectivity index (χ2n) is 3.16. The van der Waals surface area contributed by atoms with Gasteiger partial charge in [0.1, 0.15) is 0 Å². The molecule has 0 fully saturated rings. The van der Waals surface area contributed by atoms with E-state index in [0.29, 0.717) is 17.5 Å². The zero-order valence-corrected chi connectivity index (χ0v) is 11.2. The van der Waals surface area contributed by atoms with Gasteiger partial charge < -0.3 is 4.42 Å². The summed E-state index contributed by atoms with van der Waals surface area (Å²) in [5.74, 6) is 2.08. The fraction of sp³-hybridized carbons (Fsp3) is 0.273. The second-order valence-corrected chi connectivity index (χ2v) is 5.03. The molecule has 2 rings (SSSR count). The van der Waals surface area contributed by atoms with E-state index in [1.165, 1.54) is 4.90 Å². The SMILES string of the molecule is CCc1nnc(CSc2ccccc2Br)o1. The van der Waals surface area contributed by atoms with E-state index < -0.39 is 0 Å². The van der Waals surface area contributed by atoms with Crippen LogP contribution in [0, 0.1) is 0 Å². The van der Waals surface area contributed by atoms with Crippen LogP contribution >= 0.6 is 27.7 Å². The molecular formula is C11H11BrN2OS. The van der Waals surface area contributed by atoms with Crippen LogP contribution in [0.5, 0.6) is 0 Å². The Hall–Kier alpha value is -0.810. The van der Waals surface area contributed by atoms with Crippen molar-refractivity contribution in [2.45, 2.75) is 24.0 Å². The van der Waals surface area contributed by atoms with Crippen molar-refractivity contribution in [2.24, 2.45) is 0 Å². The molecule has 0 N–H and O–H groups in total. The Labute approximate surface area is 107 Å². The number of aryl methyl sites for hydroxylation is 1. The zero-order chi connectivity index (χ0) is 11.4. The van der Waals surface area contributed by atoms with Crippen LogP contribution < -0.4 is 0 Å². The molecule has 3 nitrogen and oxygen atoms in total. The molecule has 0 aliphatic carbocycles. The van der Waals surface area contributed by atoms with Crippen molar-refractivity contribution in [3.05, 3.63) is 40.5 Å². The first-order valence-corrected chi connectivity index (χ1v) is 6.76. The Kier molecular flexibility index (Phi) is 4.01. The van der Waals surface area contributed by atoms with Gasteiger partial charge in [0.05, 0.1) is 5.75 Å². The Balaban J connectivity index is 1.99. The molecule has 1 aromatic heterocycles. The topological polar surface area (TPSA) is 38.9 Å². The Morgan fingerprint density at radius 3 is 2.69 bits per heavy atom. The summed E-state index contributed by atoms with van der Waals surface area (Å²) in [6, 6.07) is 8.09. The Morgan fingerprint density at radius 1 is 1.25 bits per heavy atom. The first-order valence-electron chi connectivity index (χ1n) is 4.98. The summed E-state index contributed by atoms with van der Waals surface area (Å²) in [6.07, 6.45) is 0.784. The highest BCUT2D eigenvalue weighted by molar-refractivity contribution is 9.10. The number of nitrogens with zero attached hydrogens (tertiary/aromatic N) is 2. The van der Waals surface area contributed by atoms with Gasteiger partial charge in [0.2, 0.25) is 11.8 Å². The minimum atomic E-state index is 0.678. The van der Waals surface area contributed by atoms with Crippen LogP contribution in [0.4, 0.5) is 0 Å². The fourth-order valence-electron chi connectivity index (χ4n) is 1.19. The first-order chi connectivity index (χ1) is 7.79. The van der Waals surface area contributed by atoms with Gasteiger partial charge in [0, 0.05) is 15.8 Å². The summed E-state index contributed by atoms with van der Waals surface area (Å²) in [6.45, 7) is 2.00. The van der Waals surface area contributed by atoms with Gasteiger partial charge in [0.15, 0.2) is 0 Å². The molecule has 0 aliphatic rings. The van der Waals surface area contributed by atoms with E-state index in [-0.39, 0.29) is 0 Å². The van der Waals surface area contributed by atoms with E-state index in [1.54, 1.807) is 11.8 Å². The number of hydrogen-bond acceptors (Lipinski definition) is 4. The number of rotatable bonds is 4. The van der Waals surface area contributed by atoms with Gasteiger partial charge in [-0.25, -0.2) is 0 Å². The van der Waals surface area contributed by atoms with Crippen LogP contribution in [-0.4, -0.2) is 10.2 Å². The minimum absolute atomic E-state index is 0.678. The van der Waals surface area contributed by atoms with Crippen molar-refractivity contribution in [3.8, 4) is 0 Å². The maximum atomic E-state index is 5.44. The first kappa shape index (κ1) is 11.7. The minimum Gasteiger partial charge on any atom is -0.424 e. The van der Waals surface area contributed by atoms with Gasteiger partial charge in [-0.2, -0.15) is 0 Å². The molecule has 0 radical (unpaired) electrons. The van der Waals surface area contributed by atoms with Crippen molar-refractivity contribution in [3.63, 3.8) is 0 Å². The van der Waals surface area contributed by atoms with Crippen LogP contribution in [-0.2, 0) is 12.2 Å². The number of benzene rings is 1. The average Bonchev–Trinajstić information content (AvgIpc) is 2.76. The molecule has 5 heteroatoms. The van der Waals surface area contributed by atoms with E-state index >= 15 is 0 Å². The molecule has 0 bridgehead atoms. The van der Waals surface area contributed by atoms with Crippen molar-refractivity contribution in [1.29, 1.82) is 0 Å². The van der Waals surface area contributed by atoms with Crippen molar-refractivity contribution in [2.75, 3.05) is 0 Å². The van der Waals surface area contributed by atoms with E-state index in [2.05, 4.69) is 32.2 Å². The lowest BCUT2D eigenvalue weighted by Gasteiger charge is -2.00. The number of aromatic nitrogens is 2. The van der Waals surface area contributed by atoms with E-state index in [1.807, 2.05) is 25.1 Å². The number of thioether (sulfide) groups is 1. The predicted octanol–water partition coefficient (Wildman–Crippen LogP) is 3.69. The molecule has 0 amide bonds. The van der Waals surface area contributed by atoms with Crippen molar-refractivity contribution < 1.29 is 4.42 Å². The van der Waals surface area contributed by atoms with Crippen LogP contribution in [0.2, 0.25) is 0 Å². The fourth-order valence-corrected chi connectivity index (χ4v) is 2.60. The average molecular weight is 299 g/mol. The third kappa shape index (κ3) is 2.86. The van der Waals surface area contributed by atoms with Gasteiger partial charge in [-0.3, -0.25) is 0 Å². The quantitative estimate of drug-likeness (QED) is 0.807. The standard InChI is InChI=1S/C11H11BrN2OS/c1-2-10-13-14-11(15-10)7-16-9-6-4-3-5-8(9)12/h3-6H,2,7H2,1H3. The highest BCUT2D eigenvalue weighted by Gasteiger charge is 2.06. The highest BCUT2D eigenvalue weighted by Crippen LogP contribution is 2.29. The molecule has 0 atom stereocenters. The van der Waals surface area contributed by atoms with Crippen LogP contribution in [0.3, 0.4) is 0 Å². The van der Waals surface area contributed by atoms with Crippen LogP contribution in [0.25, 0.3) is 0 Å². The summed E-state index contributed by atoms with van der Waals surface area (Å²) >= 11 is 5.18. The monoisotopic (exact) mass is 298 g/mol. The molecule has 0 unspecified atom stereocenters. The molecule has 1 aromatic carbocycles. The normalized spacial score (nSPS) is 10.6. The predicted molar refractivity (Wildman–Crippen MR) is 67.4 cm³/mol. The van der Waals surface area contributed by atoms with Gasteiger partial charge in [0.25, 0.3) is 0 Å². The second kappa shape index (κ2) is 5.50. The molecule has 0 saturated heterocycles. The van der Waals surface area contributed by atoms with E-state index in [4.69, 9.17) is 4.42 Å². The lowest BCUT2D eigenvalue weighted by Crippen LogP contribution is -1.81. The molecule has 2 aromatic rings. The van der Waals surface area contributed by atoms with Gasteiger partial charge >= 0.3 is 0 Å². The maximum Gasteiger partial charge on any atom is 0.226 e. The molecule has 1 heterocycles. The Bertz CT molecular complexity index is 473. The van der Waals surface area contributed by atoms with Crippen LogP contribution in [0.15, 0.2) is 38.1 Å². The summed E-state index contributed by atoms with van der Waals surface area (Å²) in [5.41, 5.74) is 0. The van der Waals surface area contributed by atoms with Crippen molar-refractivity contribution >= 4 is 27.7 Å². The Morgan fingerprint density at radius 2 is 2.00 bits per heavy atom. The van der Waals surface area contributed by atoms with E-state index in [9.17, 15) is 0 Å². The molecular weight excluding hydrogens is 288 g/mol. The third-order valence-electron chi connectivity index (χ3n) is 2.00. The van der Waals surface area contributed by atoms with Crippen molar-refractivity contribution in [1.82, 2.24) is 10.2 Å². The number of halogens is 1. The molecule has 84 valence electrons. The molecule has 16 heavy (non-hydrogen) atoms. The third-order valence-corrected chi connectivity index (χ3v) is 4.01. The van der Waals surface area contributed by atoms with E-state index in [0.717, 1.165) is 10.9 Å². The lowest BCUT2D eigenvalue weighted by atomic mass is 10.4. The summed E-state index contributed by atoms with van der Waals surface area (Å²) in [7, 11) is 0. The van der Waals surface area contributed by atoms with Gasteiger partial charge in [-0.15, -0.1) is 22.0 Å². The summed E-state index contributed by atoms with van der Waals surface area (Å²) in [4.78, 5) is 1.18. The summed E-state index contributed by atoms with van der Waals surface area (Å²) < 4.78 is 6.53. The highest BCUT2D eigenvalue weighted by atomic mass is 79.9. The van der Waals surface area contributed by atoms with Gasteiger partial charge in [-0.05, 0) is 28.1 Å². The van der Waals surface area contributed by atoms with Gasteiger partial charge in [-0.1, -0.05) is 19.1 Å². The zero-order valence-electron chi connectivity index (χ0n) is 8.81. The largest absolute Gasteiger partial charge is 0.424 e. The summed E-state index contributed by atoms with van der Waals surface area (Å²) in [5, 5.41) is 7.91.